The monoisotopic (exact) mass is 426 g/mol. The molecular weight excluding hydrogens is 404 g/mol. The van der Waals surface area contributed by atoms with Crippen molar-refractivity contribution in [1.82, 2.24) is 0 Å². The molecule has 0 bridgehead atoms. The van der Waals surface area contributed by atoms with Crippen molar-refractivity contribution >= 4 is 15.9 Å². The average Bonchev–Trinajstić information content (AvgIpc) is 3.45. The second kappa shape index (κ2) is 9.20. The van der Waals surface area contributed by atoms with Crippen LogP contribution in [0.1, 0.15) is 63.4 Å². The fourth-order valence-electron chi connectivity index (χ4n) is 3.85. The van der Waals surface area contributed by atoms with E-state index in [4.69, 9.17) is 0 Å². The van der Waals surface area contributed by atoms with E-state index < -0.39 is 0 Å². The molecule has 0 saturated heterocycles. The van der Waals surface area contributed by atoms with Gasteiger partial charge in [-0.2, -0.15) is 0 Å². The van der Waals surface area contributed by atoms with Crippen molar-refractivity contribution in [2.75, 3.05) is 0 Å². The lowest BCUT2D eigenvalue weighted by molar-refractivity contribution is 0.908. The number of benzene rings is 1. The second-order valence-electron chi connectivity index (χ2n) is 7.47. The molecule has 0 N–H and O–H groups in total. The zero-order chi connectivity index (χ0) is 19.2. The molecule has 0 atom stereocenters. The first-order chi connectivity index (χ1) is 13.8. The summed E-state index contributed by atoms with van der Waals surface area (Å²) < 4.78 is 1.30. The van der Waals surface area contributed by atoms with Gasteiger partial charge in [-0.25, -0.2) is 0 Å². The van der Waals surface area contributed by atoms with Crippen molar-refractivity contribution in [2.24, 2.45) is 0 Å². The van der Waals surface area contributed by atoms with Gasteiger partial charge in [-0.3, -0.25) is 0 Å². The minimum absolute atomic E-state index is 1.05. The van der Waals surface area contributed by atoms with Gasteiger partial charge >= 0.3 is 0 Å². The molecule has 0 fully saturated rings. The van der Waals surface area contributed by atoms with Crippen LogP contribution in [-0.2, 0) is 0 Å². The molecule has 0 heterocycles. The van der Waals surface area contributed by atoms with Gasteiger partial charge < -0.3 is 0 Å². The van der Waals surface area contributed by atoms with E-state index in [0.29, 0.717) is 0 Å². The minimum atomic E-state index is 1.05. The fraction of sp³-hybridized carbons (Fsp3) is 0.333. The van der Waals surface area contributed by atoms with E-state index in [9.17, 15) is 0 Å². The van der Waals surface area contributed by atoms with Crippen LogP contribution in [0.3, 0.4) is 0 Å². The Labute approximate surface area is 177 Å². The quantitative estimate of drug-likeness (QED) is 0.398. The van der Waals surface area contributed by atoms with Crippen LogP contribution in [0.5, 0.6) is 0 Å². The SMILES string of the molecule is BrC1=C(C#CC2=C(C#CC3=C(C#Cc4ccccc4)CCC3)CCC2)CCC1. The van der Waals surface area contributed by atoms with Gasteiger partial charge in [-0.05, 0) is 69.9 Å². The van der Waals surface area contributed by atoms with Gasteiger partial charge in [-0.1, -0.05) is 69.7 Å². The first-order valence-electron chi connectivity index (χ1n) is 10.2. The summed E-state index contributed by atoms with van der Waals surface area (Å²) in [7, 11) is 0. The summed E-state index contributed by atoms with van der Waals surface area (Å²) in [5, 5.41) is 0. The summed E-state index contributed by atoms with van der Waals surface area (Å²) in [6, 6.07) is 10.2. The van der Waals surface area contributed by atoms with Gasteiger partial charge in [0.05, 0.1) is 0 Å². The number of halogens is 1. The van der Waals surface area contributed by atoms with Crippen molar-refractivity contribution < 1.29 is 0 Å². The maximum absolute atomic E-state index is 3.66. The molecule has 1 aromatic carbocycles. The molecule has 0 radical (unpaired) electrons. The van der Waals surface area contributed by atoms with E-state index in [1.165, 1.54) is 45.2 Å². The van der Waals surface area contributed by atoms with Crippen molar-refractivity contribution in [3.8, 4) is 35.5 Å². The maximum Gasteiger partial charge on any atom is 0.0248 e. The minimum Gasteiger partial charge on any atom is -0.0656 e. The van der Waals surface area contributed by atoms with Crippen LogP contribution in [-0.4, -0.2) is 0 Å². The Bertz CT molecular complexity index is 1040. The van der Waals surface area contributed by atoms with E-state index in [0.717, 1.165) is 50.5 Å². The van der Waals surface area contributed by atoms with Crippen molar-refractivity contribution in [1.29, 1.82) is 0 Å². The molecule has 0 unspecified atom stereocenters. The topological polar surface area (TPSA) is 0 Å². The highest BCUT2D eigenvalue weighted by molar-refractivity contribution is 9.11. The van der Waals surface area contributed by atoms with E-state index in [2.05, 4.69) is 63.6 Å². The lowest BCUT2D eigenvalue weighted by Crippen LogP contribution is -1.82. The van der Waals surface area contributed by atoms with Gasteiger partial charge in [0, 0.05) is 37.9 Å². The average molecular weight is 427 g/mol. The molecule has 3 aliphatic carbocycles. The molecule has 0 aromatic heterocycles. The normalized spacial score (nSPS) is 18.5. The molecule has 1 heteroatoms. The van der Waals surface area contributed by atoms with E-state index >= 15 is 0 Å². The van der Waals surface area contributed by atoms with Crippen molar-refractivity contribution in [3.05, 3.63) is 68.2 Å². The van der Waals surface area contributed by atoms with Gasteiger partial charge in [0.1, 0.15) is 0 Å². The molecule has 0 amide bonds. The Morgan fingerprint density at radius 3 is 1.43 bits per heavy atom. The van der Waals surface area contributed by atoms with Crippen LogP contribution in [0.15, 0.2) is 62.7 Å². The zero-order valence-electron chi connectivity index (χ0n) is 16.1. The largest absolute Gasteiger partial charge is 0.0656 e. The molecule has 0 aliphatic heterocycles. The third-order valence-corrected chi connectivity index (χ3v) is 6.32. The Morgan fingerprint density at radius 2 is 0.929 bits per heavy atom. The Balaban J connectivity index is 1.56. The Morgan fingerprint density at radius 1 is 0.500 bits per heavy atom. The second-order valence-corrected chi connectivity index (χ2v) is 8.43. The lowest BCUT2D eigenvalue weighted by Gasteiger charge is -1.94. The standard InChI is InChI=1S/C27H23Br/c28-27-14-6-13-26(27)20-19-25-12-5-11-24(25)18-17-23-10-4-9-22(23)16-15-21-7-2-1-3-8-21/h1-3,7-8H,4-6,9-14H2. The maximum atomic E-state index is 3.66. The lowest BCUT2D eigenvalue weighted by atomic mass is 10.1. The molecular formula is C27H23Br. The number of allylic oxidation sites excluding steroid dienone is 6. The molecule has 3 aliphatic rings. The predicted octanol–water partition coefficient (Wildman–Crippen LogP) is 6.84. The highest BCUT2D eigenvalue weighted by atomic mass is 79.9. The summed E-state index contributed by atoms with van der Waals surface area (Å²) in [5.41, 5.74) is 7.31. The summed E-state index contributed by atoms with van der Waals surface area (Å²) in [4.78, 5) is 0. The van der Waals surface area contributed by atoms with Crippen molar-refractivity contribution in [3.63, 3.8) is 0 Å². The molecule has 0 saturated carbocycles. The Kier molecular flexibility index (Phi) is 6.22. The van der Waals surface area contributed by atoms with E-state index in [1.54, 1.807) is 0 Å². The van der Waals surface area contributed by atoms with Crippen LogP contribution in [0.25, 0.3) is 0 Å². The third-order valence-electron chi connectivity index (χ3n) is 5.45. The summed E-state index contributed by atoms with van der Waals surface area (Å²) >= 11 is 3.66. The first kappa shape index (κ1) is 18.9. The first-order valence-corrected chi connectivity index (χ1v) is 11.0. The number of rotatable bonds is 0. The number of hydrogen-bond acceptors (Lipinski definition) is 0. The van der Waals surface area contributed by atoms with Crippen LogP contribution in [0.4, 0.5) is 0 Å². The third kappa shape index (κ3) is 4.71. The summed E-state index contributed by atoms with van der Waals surface area (Å²) in [6.45, 7) is 0. The highest BCUT2D eigenvalue weighted by Crippen LogP contribution is 2.31. The summed E-state index contributed by atoms with van der Waals surface area (Å²) in [6.07, 6.45) is 10.0. The Hall–Kier alpha value is -2.40. The molecule has 0 spiro atoms. The highest BCUT2D eigenvalue weighted by Gasteiger charge is 2.14. The molecule has 138 valence electrons. The van der Waals surface area contributed by atoms with E-state index in [-0.39, 0.29) is 0 Å². The molecule has 0 nitrogen and oxygen atoms in total. The van der Waals surface area contributed by atoms with Gasteiger partial charge in [0.15, 0.2) is 0 Å². The van der Waals surface area contributed by atoms with Crippen LogP contribution >= 0.6 is 15.9 Å². The smallest absolute Gasteiger partial charge is 0.0248 e. The molecule has 1 aromatic rings. The summed E-state index contributed by atoms with van der Waals surface area (Å²) in [5.74, 6) is 20.4. The molecule has 4 rings (SSSR count). The van der Waals surface area contributed by atoms with Crippen LogP contribution in [0.2, 0.25) is 0 Å². The molecule has 28 heavy (non-hydrogen) atoms. The van der Waals surface area contributed by atoms with E-state index in [1.807, 2.05) is 18.2 Å². The number of hydrogen-bond donors (Lipinski definition) is 0. The zero-order valence-corrected chi connectivity index (χ0v) is 17.7. The fourth-order valence-corrected chi connectivity index (χ4v) is 4.43. The predicted molar refractivity (Wildman–Crippen MR) is 120 cm³/mol. The van der Waals surface area contributed by atoms with Crippen molar-refractivity contribution in [2.45, 2.75) is 57.8 Å². The van der Waals surface area contributed by atoms with Gasteiger partial charge in [0.25, 0.3) is 0 Å². The van der Waals surface area contributed by atoms with Crippen LogP contribution < -0.4 is 0 Å². The van der Waals surface area contributed by atoms with Gasteiger partial charge in [-0.15, -0.1) is 0 Å². The van der Waals surface area contributed by atoms with Gasteiger partial charge in [0.2, 0.25) is 0 Å². The van der Waals surface area contributed by atoms with Crippen LogP contribution in [0, 0.1) is 35.5 Å².